The fourth-order valence-corrected chi connectivity index (χ4v) is 2.47. The largest absolute Gasteiger partial charge is 0.0808 e. The predicted molar refractivity (Wildman–Crippen MR) is 57.5 cm³/mol. The zero-order valence-electron chi connectivity index (χ0n) is 8.79. The maximum Gasteiger partial charge on any atom is -0.00229 e. The second-order valence-corrected chi connectivity index (χ2v) is 4.80. The van der Waals surface area contributed by atoms with Crippen molar-refractivity contribution < 1.29 is 0 Å². The van der Waals surface area contributed by atoms with Crippen LogP contribution in [0.1, 0.15) is 39.5 Å². The van der Waals surface area contributed by atoms with Crippen LogP contribution in [-0.4, -0.2) is 0 Å². The third-order valence-corrected chi connectivity index (χ3v) is 3.45. The van der Waals surface area contributed by atoms with Crippen LogP contribution in [0.25, 0.3) is 0 Å². The highest BCUT2D eigenvalue weighted by molar-refractivity contribution is 5.24. The molecule has 2 unspecified atom stereocenters. The SMILES string of the molecule is CC(C)C1C=CC2CCCCC2=C1. The van der Waals surface area contributed by atoms with Gasteiger partial charge in [-0.2, -0.15) is 0 Å². The van der Waals surface area contributed by atoms with E-state index in [-0.39, 0.29) is 0 Å². The average molecular weight is 176 g/mol. The third kappa shape index (κ3) is 1.87. The Labute approximate surface area is 81.7 Å². The molecule has 0 nitrogen and oxygen atoms in total. The summed E-state index contributed by atoms with van der Waals surface area (Å²) in [4.78, 5) is 0. The van der Waals surface area contributed by atoms with Crippen LogP contribution in [0, 0.1) is 17.8 Å². The van der Waals surface area contributed by atoms with Crippen molar-refractivity contribution >= 4 is 0 Å². The second-order valence-electron chi connectivity index (χ2n) is 4.80. The van der Waals surface area contributed by atoms with Crippen LogP contribution >= 0.6 is 0 Å². The Morgan fingerprint density at radius 2 is 2.08 bits per heavy atom. The fraction of sp³-hybridized carbons (Fsp3) is 0.692. The fourth-order valence-electron chi connectivity index (χ4n) is 2.47. The molecule has 0 bridgehead atoms. The molecule has 2 atom stereocenters. The van der Waals surface area contributed by atoms with Crippen LogP contribution in [0.2, 0.25) is 0 Å². The van der Waals surface area contributed by atoms with Crippen molar-refractivity contribution in [3.8, 4) is 0 Å². The molecule has 2 aliphatic carbocycles. The van der Waals surface area contributed by atoms with Gasteiger partial charge in [0.25, 0.3) is 0 Å². The normalized spacial score (nSPS) is 33.0. The van der Waals surface area contributed by atoms with Crippen LogP contribution < -0.4 is 0 Å². The molecule has 1 fully saturated rings. The maximum absolute atomic E-state index is 2.54. The zero-order chi connectivity index (χ0) is 9.26. The van der Waals surface area contributed by atoms with Crippen LogP contribution in [0.15, 0.2) is 23.8 Å². The second kappa shape index (κ2) is 3.69. The summed E-state index contributed by atoms with van der Waals surface area (Å²) in [5, 5.41) is 0. The van der Waals surface area contributed by atoms with E-state index < -0.39 is 0 Å². The Morgan fingerprint density at radius 3 is 2.85 bits per heavy atom. The van der Waals surface area contributed by atoms with E-state index in [9.17, 15) is 0 Å². The van der Waals surface area contributed by atoms with Gasteiger partial charge in [0.05, 0.1) is 0 Å². The lowest BCUT2D eigenvalue weighted by atomic mass is 9.77. The summed E-state index contributed by atoms with van der Waals surface area (Å²) in [6.45, 7) is 4.63. The number of allylic oxidation sites excluding steroid dienone is 4. The quantitative estimate of drug-likeness (QED) is 0.531. The topological polar surface area (TPSA) is 0 Å². The smallest absolute Gasteiger partial charge is 0.00229 e. The highest BCUT2D eigenvalue weighted by Crippen LogP contribution is 2.36. The molecule has 0 amide bonds. The van der Waals surface area contributed by atoms with E-state index in [1.807, 2.05) is 0 Å². The summed E-state index contributed by atoms with van der Waals surface area (Å²) >= 11 is 0. The van der Waals surface area contributed by atoms with Gasteiger partial charge < -0.3 is 0 Å². The van der Waals surface area contributed by atoms with E-state index in [0.717, 1.165) is 11.8 Å². The van der Waals surface area contributed by atoms with Gasteiger partial charge in [-0.05, 0) is 37.0 Å². The first-order valence-corrected chi connectivity index (χ1v) is 5.66. The van der Waals surface area contributed by atoms with Gasteiger partial charge in [-0.1, -0.05) is 44.1 Å². The van der Waals surface area contributed by atoms with Crippen LogP contribution in [-0.2, 0) is 0 Å². The Balaban J connectivity index is 2.11. The monoisotopic (exact) mass is 176 g/mol. The summed E-state index contributed by atoms with van der Waals surface area (Å²) in [7, 11) is 0. The van der Waals surface area contributed by atoms with Gasteiger partial charge in [0.15, 0.2) is 0 Å². The minimum Gasteiger partial charge on any atom is -0.0808 e. The molecule has 0 aromatic heterocycles. The predicted octanol–water partition coefficient (Wildman–Crippen LogP) is 3.95. The minimum atomic E-state index is 0.712. The van der Waals surface area contributed by atoms with Crippen LogP contribution in [0.4, 0.5) is 0 Å². The first-order chi connectivity index (χ1) is 6.27. The Bertz CT molecular complexity index is 232. The van der Waals surface area contributed by atoms with Gasteiger partial charge in [-0.3, -0.25) is 0 Å². The van der Waals surface area contributed by atoms with Crippen molar-refractivity contribution in [3.63, 3.8) is 0 Å². The number of fused-ring (bicyclic) bond motifs is 1. The van der Waals surface area contributed by atoms with Crippen LogP contribution in [0.5, 0.6) is 0 Å². The molecule has 0 saturated heterocycles. The highest BCUT2D eigenvalue weighted by Gasteiger charge is 2.21. The van der Waals surface area contributed by atoms with Gasteiger partial charge in [0.2, 0.25) is 0 Å². The molecule has 0 heterocycles. The first-order valence-electron chi connectivity index (χ1n) is 5.66. The lowest BCUT2D eigenvalue weighted by molar-refractivity contribution is 0.474. The number of hydrogen-bond donors (Lipinski definition) is 0. The Hall–Kier alpha value is -0.520. The molecular weight excluding hydrogens is 156 g/mol. The van der Waals surface area contributed by atoms with Crippen molar-refractivity contribution in [1.82, 2.24) is 0 Å². The number of hydrogen-bond acceptors (Lipinski definition) is 0. The summed E-state index contributed by atoms with van der Waals surface area (Å²) in [6, 6.07) is 0. The molecule has 1 saturated carbocycles. The van der Waals surface area contributed by atoms with E-state index in [4.69, 9.17) is 0 Å². The molecular formula is C13H20. The molecule has 72 valence electrons. The van der Waals surface area contributed by atoms with Gasteiger partial charge >= 0.3 is 0 Å². The Kier molecular flexibility index (Phi) is 2.57. The Morgan fingerprint density at radius 1 is 1.23 bits per heavy atom. The minimum absolute atomic E-state index is 0.712. The van der Waals surface area contributed by atoms with E-state index in [0.29, 0.717) is 5.92 Å². The van der Waals surface area contributed by atoms with E-state index >= 15 is 0 Å². The number of rotatable bonds is 1. The van der Waals surface area contributed by atoms with Crippen molar-refractivity contribution in [3.05, 3.63) is 23.8 Å². The molecule has 13 heavy (non-hydrogen) atoms. The first kappa shape index (κ1) is 9.05. The van der Waals surface area contributed by atoms with Crippen LogP contribution in [0.3, 0.4) is 0 Å². The van der Waals surface area contributed by atoms with Crippen molar-refractivity contribution in [2.24, 2.45) is 17.8 Å². The van der Waals surface area contributed by atoms with Crippen molar-refractivity contribution in [2.45, 2.75) is 39.5 Å². The van der Waals surface area contributed by atoms with E-state index in [2.05, 4.69) is 32.1 Å². The summed E-state index contributed by atoms with van der Waals surface area (Å²) in [5.74, 6) is 2.29. The molecule has 0 aromatic carbocycles. The van der Waals surface area contributed by atoms with Gasteiger partial charge in [-0.15, -0.1) is 0 Å². The standard InChI is InChI=1S/C13H20/c1-10(2)12-8-7-11-5-3-4-6-13(11)9-12/h7-12H,3-6H2,1-2H3. The molecule has 2 aliphatic rings. The van der Waals surface area contributed by atoms with Gasteiger partial charge in [0, 0.05) is 0 Å². The maximum atomic E-state index is 2.54. The molecule has 0 spiro atoms. The summed E-state index contributed by atoms with van der Waals surface area (Å²) in [5.41, 5.74) is 1.73. The van der Waals surface area contributed by atoms with Gasteiger partial charge in [0.1, 0.15) is 0 Å². The molecule has 0 aromatic rings. The van der Waals surface area contributed by atoms with E-state index in [1.54, 1.807) is 5.57 Å². The molecule has 0 N–H and O–H groups in total. The summed E-state index contributed by atoms with van der Waals surface area (Å²) < 4.78 is 0. The average Bonchev–Trinajstić information content (AvgIpc) is 2.17. The highest BCUT2D eigenvalue weighted by atomic mass is 14.3. The summed E-state index contributed by atoms with van der Waals surface area (Å²) in [6.07, 6.45) is 13.0. The van der Waals surface area contributed by atoms with Crippen molar-refractivity contribution in [2.75, 3.05) is 0 Å². The van der Waals surface area contributed by atoms with Crippen molar-refractivity contribution in [1.29, 1.82) is 0 Å². The van der Waals surface area contributed by atoms with Gasteiger partial charge in [-0.25, -0.2) is 0 Å². The molecule has 2 rings (SSSR count). The molecule has 0 heteroatoms. The lowest BCUT2D eigenvalue weighted by Gasteiger charge is -2.29. The molecule has 0 aliphatic heterocycles. The zero-order valence-corrected chi connectivity index (χ0v) is 8.79. The third-order valence-electron chi connectivity index (χ3n) is 3.45. The molecule has 0 radical (unpaired) electrons. The lowest BCUT2D eigenvalue weighted by Crippen LogP contribution is -2.15. The van der Waals surface area contributed by atoms with E-state index in [1.165, 1.54) is 25.7 Å².